The summed E-state index contributed by atoms with van der Waals surface area (Å²) < 4.78 is 0. The van der Waals surface area contributed by atoms with Gasteiger partial charge in [-0.1, -0.05) is 50.6 Å². The maximum atomic E-state index is 8.24. The van der Waals surface area contributed by atoms with E-state index >= 15 is 0 Å². The molecule has 3 nitrogen and oxygen atoms in total. The van der Waals surface area contributed by atoms with Crippen molar-refractivity contribution in [3.05, 3.63) is 35.9 Å². The lowest BCUT2D eigenvalue weighted by atomic mass is 10.2. The second-order valence-electron chi connectivity index (χ2n) is 3.78. The number of nitrogens with zero attached hydrogens (tertiary/aromatic N) is 2. The van der Waals surface area contributed by atoms with Crippen LogP contribution >= 0.6 is 0 Å². The number of nitrogens with one attached hydrogen (secondary N) is 1. The number of hydrogen-bond donors (Lipinski definition) is 1. The van der Waals surface area contributed by atoms with Crippen LogP contribution in [-0.4, -0.2) is 18.0 Å². The van der Waals surface area contributed by atoms with Crippen LogP contribution in [0.15, 0.2) is 30.3 Å². The van der Waals surface area contributed by atoms with E-state index in [1.165, 1.54) is 18.4 Å². The van der Waals surface area contributed by atoms with Gasteiger partial charge in [-0.2, -0.15) is 5.26 Å². The Hall–Kier alpha value is -2.13. The molecule has 0 spiro atoms. The van der Waals surface area contributed by atoms with Gasteiger partial charge in [0.15, 0.2) is 6.19 Å². The summed E-state index contributed by atoms with van der Waals surface area (Å²) in [5.74, 6) is 0. The number of likely N-dealkylation sites (tertiary alicyclic amines) is 1. The normalized spacial score (nSPS) is 11.9. The van der Waals surface area contributed by atoms with E-state index in [-0.39, 0.29) is 0 Å². The second kappa shape index (κ2) is 12.3. The molecule has 0 radical (unpaired) electrons. The molecule has 1 heterocycles. The molecule has 0 bridgehead atoms. The highest BCUT2D eigenvalue weighted by Gasteiger charge is 2.06. The minimum Gasteiger partial charge on any atom is -0.342 e. The lowest BCUT2D eigenvalue weighted by Crippen LogP contribution is -2.10. The Morgan fingerprint density at radius 1 is 1.21 bits per heavy atom. The van der Waals surface area contributed by atoms with Crippen molar-refractivity contribution in [2.24, 2.45) is 0 Å². The maximum absolute atomic E-state index is 8.24. The van der Waals surface area contributed by atoms with Crippen LogP contribution in [0.25, 0.3) is 0 Å². The fourth-order valence-electron chi connectivity index (χ4n) is 1.57. The summed E-state index contributed by atoms with van der Waals surface area (Å²) in [5, 5.41) is 11.0. The van der Waals surface area contributed by atoms with Crippen molar-refractivity contribution in [2.45, 2.75) is 33.2 Å². The maximum Gasteiger partial charge on any atom is 0.179 e. The Kier molecular flexibility index (Phi) is 10.9. The number of benzene rings is 1. The molecule has 19 heavy (non-hydrogen) atoms. The Bertz CT molecular complexity index is 381. The molecule has 102 valence electrons. The molecule has 0 amide bonds. The first kappa shape index (κ1) is 16.9. The van der Waals surface area contributed by atoms with E-state index in [2.05, 4.69) is 17.6 Å². The predicted molar refractivity (Wildman–Crippen MR) is 79.9 cm³/mol. The van der Waals surface area contributed by atoms with Crippen molar-refractivity contribution >= 4 is 0 Å². The third-order valence-electron chi connectivity index (χ3n) is 2.48. The van der Waals surface area contributed by atoms with Crippen LogP contribution in [0.3, 0.4) is 0 Å². The van der Waals surface area contributed by atoms with Gasteiger partial charge < -0.3 is 10.2 Å². The van der Waals surface area contributed by atoms with E-state index in [1.54, 1.807) is 4.90 Å². The van der Waals surface area contributed by atoms with Gasteiger partial charge in [-0.25, -0.2) is 0 Å². The highest BCUT2D eigenvalue weighted by atomic mass is 15.1. The van der Waals surface area contributed by atoms with Gasteiger partial charge in [0.1, 0.15) is 0 Å². The number of terminal acetylenes is 1. The smallest absolute Gasteiger partial charge is 0.179 e. The van der Waals surface area contributed by atoms with E-state index in [1.807, 2.05) is 44.2 Å². The van der Waals surface area contributed by atoms with Crippen molar-refractivity contribution < 1.29 is 0 Å². The SMILES string of the molecule is C#CNCc1ccccc1.CC.N#CN1CCCC1. The van der Waals surface area contributed by atoms with Crippen LogP contribution in [0, 0.1) is 23.9 Å². The molecule has 1 aliphatic heterocycles. The van der Waals surface area contributed by atoms with Gasteiger partial charge >= 0.3 is 0 Å². The van der Waals surface area contributed by atoms with Gasteiger partial charge in [0.25, 0.3) is 0 Å². The third-order valence-corrected chi connectivity index (χ3v) is 2.48. The van der Waals surface area contributed by atoms with Crippen molar-refractivity contribution in [3.63, 3.8) is 0 Å². The van der Waals surface area contributed by atoms with E-state index in [0.29, 0.717) is 0 Å². The summed E-state index contributed by atoms with van der Waals surface area (Å²) >= 11 is 0. The zero-order valence-electron chi connectivity index (χ0n) is 11.9. The van der Waals surface area contributed by atoms with Gasteiger partial charge in [0.2, 0.25) is 0 Å². The number of rotatable bonds is 2. The van der Waals surface area contributed by atoms with E-state index < -0.39 is 0 Å². The Labute approximate surface area is 117 Å². The highest BCUT2D eigenvalue weighted by molar-refractivity contribution is 5.14. The van der Waals surface area contributed by atoms with Gasteiger partial charge in [0.05, 0.1) is 0 Å². The first-order valence-corrected chi connectivity index (χ1v) is 6.74. The summed E-state index contributed by atoms with van der Waals surface area (Å²) in [5.41, 5.74) is 1.21. The molecule has 1 fully saturated rings. The Morgan fingerprint density at radius 3 is 2.21 bits per heavy atom. The summed E-state index contributed by atoms with van der Waals surface area (Å²) in [6.45, 7) is 6.71. The molecule has 0 aromatic heterocycles. The largest absolute Gasteiger partial charge is 0.342 e. The lowest BCUT2D eigenvalue weighted by molar-refractivity contribution is 0.487. The molecule has 1 saturated heterocycles. The van der Waals surface area contributed by atoms with Crippen molar-refractivity contribution in [1.29, 1.82) is 5.26 Å². The molecular weight excluding hydrogens is 234 g/mol. The van der Waals surface area contributed by atoms with E-state index in [9.17, 15) is 0 Å². The molecule has 1 aromatic carbocycles. The predicted octanol–water partition coefficient (Wildman–Crippen LogP) is 2.96. The van der Waals surface area contributed by atoms with Crippen LogP contribution < -0.4 is 5.32 Å². The molecule has 1 aromatic rings. The average molecular weight is 257 g/mol. The zero-order valence-corrected chi connectivity index (χ0v) is 11.9. The minimum atomic E-state index is 0.747. The molecule has 3 heteroatoms. The molecule has 2 rings (SSSR count). The molecule has 0 saturated carbocycles. The standard InChI is InChI=1S/C9H9N.C5H8N2.C2H6/c1-2-10-8-9-6-4-3-5-7-9;6-5-7-3-1-2-4-7;1-2/h1,3-7,10H,8H2;1-4H2;1-2H3. The van der Waals surface area contributed by atoms with Crippen molar-refractivity contribution in [3.8, 4) is 18.7 Å². The Morgan fingerprint density at radius 2 is 1.79 bits per heavy atom. The van der Waals surface area contributed by atoms with Crippen molar-refractivity contribution in [1.82, 2.24) is 10.2 Å². The third kappa shape index (κ3) is 8.57. The monoisotopic (exact) mass is 257 g/mol. The van der Waals surface area contributed by atoms with Gasteiger partial charge in [-0.15, -0.1) is 0 Å². The topological polar surface area (TPSA) is 39.1 Å². The number of hydrogen-bond acceptors (Lipinski definition) is 3. The fourth-order valence-corrected chi connectivity index (χ4v) is 1.57. The van der Waals surface area contributed by atoms with E-state index in [4.69, 9.17) is 11.7 Å². The summed E-state index contributed by atoms with van der Waals surface area (Å²) in [7, 11) is 0. The molecule has 0 aliphatic carbocycles. The minimum absolute atomic E-state index is 0.747. The molecule has 1 N–H and O–H groups in total. The Balaban J connectivity index is 0.000000316. The fraction of sp³-hybridized carbons (Fsp3) is 0.438. The summed E-state index contributed by atoms with van der Waals surface area (Å²) in [4.78, 5) is 1.79. The van der Waals surface area contributed by atoms with Crippen molar-refractivity contribution in [2.75, 3.05) is 13.1 Å². The second-order valence-corrected chi connectivity index (χ2v) is 3.78. The molecule has 1 aliphatic rings. The zero-order chi connectivity index (χ0) is 14.3. The van der Waals surface area contributed by atoms with Crippen LogP contribution in [-0.2, 0) is 6.54 Å². The van der Waals surface area contributed by atoms with Crippen LogP contribution in [0.1, 0.15) is 32.3 Å². The van der Waals surface area contributed by atoms with Crippen LogP contribution in [0.4, 0.5) is 0 Å². The van der Waals surface area contributed by atoms with E-state index in [0.717, 1.165) is 19.6 Å². The first-order valence-electron chi connectivity index (χ1n) is 6.74. The van der Waals surface area contributed by atoms with Gasteiger partial charge in [0, 0.05) is 25.7 Å². The van der Waals surface area contributed by atoms with Gasteiger partial charge in [-0.05, 0) is 18.4 Å². The first-order chi connectivity index (χ1) is 9.36. The molecule has 0 atom stereocenters. The highest BCUT2D eigenvalue weighted by Crippen LogP contribution is 2.03. The summed E-state index contributed by atoms with van der Waals surface area (Å²) in [6, 6.07) is 12.4. The molecule has 0 unspecified atom stereocenters. The molecular formula is C16H23N3. The average Bonchev–Trinajstić information content (AvgIpc) is 3.02. The number of nitriles is 1. The lowest BCUT2D eigenvalue weighted by Gasteiger charge is -2.00. The van der Waals surface area contributed by atoms with Crippen LogP contribution in [0.2, 0.25) is 0 Å². The van der Waals surface area contributed by atoms with Crippen LogP contribution in [0.5, 0.6) is 0 Å². The quantitative estimate of drug-likeness (QED) is 0.503. The summed E-state index contributed by atoms with van der Waals surface area (Å²) in [6.07, 6.45) is 9.52. The van der Waals surface area contributed by atoms with Gasteiger partial charge in [-0.3, -0.25) is 0 Å².